The molecule has 0 amide bonds. The average Bonchev–Trinajstić information content (AvgIpc) is 3.07. The Kier molecular flexibility index (Phi) is 5.94. The minimum absolute atomic E-state index is 0.0129. The number of carbonyl (C=O) groups is 1. The van der Waals surface area contributed by atoms with Crippen molar-refractivity contribution in [2.24, 2.45) is 23.2 Å². The predicted octanol–water partition coefficient (Wildman–Crippen LogP) is 6.00. The van der Waals surface area contributed by atoms with Crippen LogP contribution >= 0.6 is 0 Å². The molecule has 0 aromatic heterocycles. The van der Waals surface area contributed by atoms with E-state index < -0.39 is 0 Å². The number of fused-ring (bicyclic) bond motifs is 2. The van der Waals surface area contributed by atoms with E-state index >= 15 is 0 Å². The van der Waals surface area contributed by atoms with Crippen LogP contribution in [0.15, 0.2) is 72.8 Å². The summed E-state index contributed by atoms with van der Waals surface area (Å²) in [6, 6.07) is 21.2. The van der Waals surface area contributed by atoms with Crippen molar-refractivity contribution in [1.82, 2.24) is 4.90 Å². The minimum atomic E-state index is -0.0494. The zero-order valence-electron chi connectivity index (χ0n) is 19.2. The Morgan fingerprint density at radius 2 is 1.66 bits per heavy atom. The molecule has 1 heterocycles. The van der Waals surface area contributed by atoms with Crippen molar-refractivity contribution < 1.29 is 9.53 Å². The zero-order chi connectivity index (χ0) is 22.1. The molecule has 2 aromatic rings. The molecule has 2 unspecified atom stereocenters. The predicted molar refractivity (Wildman–Crippen MR) is 128 cm³/mol. The number of esters is 1. The van der Waals surface area contributed by atoms with Crippen LogP contribution in [0.3, 0.4) is 0 Å². The molecule has 1 saturated heterocycles. The molecule has 3 heteroatoms. The van der Waals surface area contributed by atoms with Gasteiger partial charge in [0.15, 0.2) is 0 Å². The van der Waals surface area contributed by atoms with Gasteiger partial charge in [-0.1, -0.05) is 79.7 Å². The van der Waals surface area contributed by atoms with Gasteiger partial charge in [-0.25, -0.2) is 0 Å². The molecule has 32 heavy (non-hydrogen) atoms. The lowest BCUT2D eigenvalue weighted by molar-refractivity contribution is -0.146. The molecule has 0 N–H and O–H groups in total. The van der Waals surface area contributed by atoms with Gasteiger partial charge in [0.1, 0.15) is 6.10 Å². The van der Waals surface area contributed by atoms with Gasteiger partial charge in [0.25, 0.3) is 0 Å². The Balaban J connectivity index is 1.36. The molecule has 2 saturated carbocycles. The van der Waals surface area contributed by atoms with Crippen molar-refractivity contribution in [3.05, 3.63) is 83.9 Å². The molecule has 168 valence electrons. The van der Waals surface area contributed by atoms with E-state index in [-0.39, 0.29) is 23.4 Å². The second kappa shape index (κ2) is 8.86. The molecule has 3 aliphatic rings. The first-order valence-corrected chi connectivity index (χ1v) is 12.2. The van der Waals surface area contributed by atoms with Gasteiger partial charge < -0.3 is 4.74 Å². The molecule has 0 radical (unpaired) electrons. The number of nitrogens with zero attached hydrogens (tertiary/aromatic N) is 1. The van der Waals surface area contributed by atoms with Crippen LogP contribution in [0, 0.1) is 23.2 Å². The van der Waals surface area contributed by atoms with E-state index in [1.165, 1.54) is 29.5 Å². The summed E-state index contributed by atoms with van der Waals surface area (Å²) in [5, 5.41) is 0. The molecule has 5 rings (SSSR count). The molecule has 3 nitrogen and oxygen atoms in total. The molecule has 5 atom stereocenters. The van der Waals surface area contributed by atoms with Crippen molar-refractivity contribution in [3.63, 3.8) is 0 Å². The standard InChI is InChI=1S/C29H35NO2/c1-21-10-9-15-29(2)17-27-24(16-26(21)29)25(28(31)32-27)20-30(18-22-11-5-3-6-12-22)19-23-13-7-4-8-14-23/h3-8,11-14,24-27H,1,9-10,15-20H2,2H3/t24-,25?,26?,27-,29-/m1/s1. The van der Waals surface area contributed by atoms with Crippen LogP contribution < -0.4 is 0 Å². The smallest absolute Gasteiger partial charge is 0.310 e. The fraction of sp³-hybridized carbons (Fsp3) is 0.483. The van der Waals surface area contributed by atoms with Gasteiger partial charge in [-0.15, -0.1) is 0 Å². The highest BCUT2D eigenvalue weighted by molar-refractivity contribution is 5.75. The summed E-state index contributed by atoms with van der Waals surface area (Å²) < 4.78 is 6.03. The van der Waals surface area contributed by atoms with Crippen LogP contribution in [-0.2, 0) is 22.6 Å². The van der Waals surface area contributed by atoms with E-state index in [2.05, 4.69) is 79.1 Å². The zero-order valence-corrected chi connectivity index (χ0v) is 19.2. The summed E-state index contributed by atoms with van der Waals surface area (Å²) in [6.45, 7) is 9.26. The van der Waals surface area contributed by atoms with Gasteiger partial charge in [-0.05, 0) is 54.6 Å². The SMILES string of the molecule is C=C1CCC[C@]2(C)C[C@H]3OC(=O)C(CN(Cc4ccccc4)Cc4ccccc4)[C@H]3CC12. The van der Waals surface area contributed by atoms with Gasteiger partial charge in [0, 0.05) is 25.6 Å². The third kappa shape index (κ3) is 4.28. The monoisotopic (exact) mass is 429 g/mol. The van der Waals surface area contributed by atoms with Gasteiger partial charge >= 0.3 is 5.97 Å². The van der Waals surface area contributed by atoms with E-state index in [1.54, 1.807) is 0 Å². The first-order valence-electron chi connectivity index (χ1n) is 12.2. The highest BCUT2D eigenvalue weighted by Gasteiger charge is 2.55. The van der Waals surface area contributed by atoms with Gasteiger partial charge in [0.05, 0.1) is 5.92 Å². The van der Waals surface area contributed by atoms with Gasteiger partial charge in [-0.2, -0.15) is 0 Å². The molecule has 0 spiro atoms. The van der Waals surface area contributed by atoms with E-state index in [0.29, 0.717) is 11.8 Å². The van der Waals surface area contributed by atoms with E-state index in [4.69, 9.17) is 4.74 Å². The van der Waals surface area contributed by atoms with Crippen LogP contribution in [0.5, 0.6) is 0 Å². The van der Waals surface area contributed by atoms with E-state index in [0.717, 1.165) is 38.9 Å². The van der Waals surface area contributed by atoms with E-state index in [1.807, 2.05) is 0 Å². The summed E-state index contributed by atoms with van der Waals surface area (Å²) in [5.74, 6) is 0.807. The van der Waals surface area contributed by atoms with Crippen LogP contribution in [0.4, 0.5) is 0 Å². The molecule has 3 fully saturated rings. The Hall–Kier alpha value is -2.39. The maximum absolute atomic E-state index is 13.1. The lowest BCUT2D eigenvalue weighted by Crippen LogP contribution is -2.45. The molecular formula is C29H35NO2. The average molecular weight is 430 g/mol. The molecule has 2 aromatic carbocycles. The van der Waals surface area contributed by atoms with Crippen LogP contribution in [0.1, 0.15) is 50.2 Å². The maximum atomic E-state index is 13.1. The van der Waals surface area contributed by atoms with Crippen molar-refractivity contribution in [2.75, 3.05) is 6.54 Å². The highest BCUT2D eigenvalue weighted by Crippen LogP contribution is 2.57. The van der Waals surface area contributed by atoms with Gasteiger partial charge in [-0.3, -0.25) is 9.69 Å². The molecular weight excluding hydrogens is 394 g/mol. The largest absolute Gasteiger partial charge is 0.462 e. The number of ether oxygens (including phenoxy) is 1. The minimum Gasteiger partial charge on any atom is -0.462 e. The summed E-state index contributed by atoms with van der Waals surface area (Å²) in [4.78, 5) is 15.5. The lowest BCUT2D eigenvalue weighted by atomic mass is 9.55. The summed E-state index contributed by atoms with van der Waals surface area (Å²) >= 11 is 0. The maximum Gasteiger partial charge on any atom is 0.310 e. The first kappa shape index (κ1) is 21.5. The fourth-order valence-corrected chi connectivity index (χ4v) is 6.61. The molecule has 2 aliphatic carbocycles. The highest BCUT2D eigenvalue weighted by atomic mass is 16.6. The van der Waals surface area contributed by atoms with Crippen molar-refractivity contribution in [1.29, 1.82) is 0 Å². The van der Waals surface area contributed by atoms with Gasteiger partial charge in [0.2, 0.25) is 0 Å². The Morgan fingerprint density at radius 3 is 2.28 bits per heavy atom. The number of hydrogen-bond acceptors (Lipinski definition) is 3. The van der Waals surface area contributed by atoms with Crippen LogP contribution in [-0.4, -0.2) is 23.5 Å². The number of hydrogen-bond donors (Lipinski definition) is 0. The Labute approximate surface area is 192 Å². The second-order valence-electron chi connectivity index (χ2n) is 10.5. The second-order valence-corrected chi connectivity index (χ2v) is 10.5. The Bertz CT molecular complexity index is 914. The third-order valence-corrected chi connectivity index (χ3v) is 8.27. The van der Waals surface area contributed by atoms with Crippen molar-refractivity contribution in [2.45, 2.75) is 58.2 Å². The summed E-state index contributed by atoms with van der Waals surface area (Å²) in [7, 11) is 0. The molecule has 0 bridgehead atoms. The lowest BCUT2D eigenvalue weighted by Gasteiger charge is -2.50. The fourth-order valence-electron chi connectivity index (χ4n) is 6.61. The number of benzene rings is 2. The summed E-state index contributed by atoms with van der Waals surface area (Å²) in [5.41, 5.74) is 4.21. The normalized spacial score (nSPS) is 31.8. The topological polar surface area (TPSA) is 29.5 Å². The third-order valence-electron chi connectivity index (χ3n) is 8.27. The first-order chi connectivity index (χ1) is 15.5. The number of carbonyl (C=O) groups excluding carboxylic acids is 1. The quantitative estimate of drug-likeness (QED) is 0.416. The van der Waals surface area contributed by atoms with Crippen molar-refractivity contribution >= 4 is 5.97 Å². The Morgan fingerprint density at radius 1 is 1.03 bits per heavy atom. The number of rotatable bonds is 6. The van der Waals surface area contributed by atoms with Crippen molar-refractivity contribution in [3.8, 4) is 0 Å². The summed E-state index contributed by atoms with van der Waals surface area (Å²) in [6.07, 6.45) is 5.74. The number of allylic oxidation sites excluding steroid dienone is 1. The van der Waals surface area contributed by atoms with Crippen LogP contribution in [0.2, 0.25) is 0 Å². The van der Waals surface area contributed by atoms with E-state index in [9.17, 15) is 4.79 Å². The van der Waals surface area contributed by atoms with Crippen LogP contribution in [0.25, 0.3) is 0 Å². The molecule has 1 aliphatic heterocycles.